The van der Waals surface area contributed by atoms with E-state index in [2.05, 4.69) is 82.0 Å². The average molecular weight is 819 g/mol. The van der Waals surface area contributed by atoms with Crippen molar-refractivity contribution < 1.29 is 14.7 Å². The smallest absolute Gasteiger partial charge is 0.335 e. The average Bonchev–Trinajstić information content (AvgIpc) is 4.01. The molecule has 57 heavy (non-hydrogen) atoms. The molecule has 0 radical (unpaired) electrons. The molecule has 5 aliphatic carbocycles. The summed E-state index contributed by atoms with van der Waals surface area (Å²) in [7, 11) is 0. The number of Topliss-reactive ketones (excluding diaryl/α,β-unsaturated/α-hetero) is 1. The number of benzene rings is 1. The Balaban J connectivity index is 1.09. The number of nitrogens with zero attached hydrogens (tertiary/aromatic N) is 2. The van der Waals surface area contributed by atoms with Gasteiger partial charge in [-0.3, -0.25) is 4.79 Å². The van der Waals surface area contributed by atoms with Crippen LogP contribution in [0.5, 0.6) is 0 Å². The van der Waals surface area contributed by atoms with Crippen LogP contribution in [0.2, 0.25) is 0 Å². The van der Waals surface area contributed by atoms with Crippen molar-refractivity contribution in [3.63, 3.8) is 0 Å². The molecule has 3 heterocycles. The van der Waals surface area contributed by atoms with Gasteiger partial charge in [-0.15, -0.1) is 34.0 Å². The molecule has 3 aromatic heterocycles. The molecule has 5 nitrogen and oxygen atoms in total. The molecule has 1 N–H and O–H groups in total. The number of thiophene rings is 2. The molecule has 1 aromatic carbocycles. The molecule has 300 valence electrons. The van der Waals surface area contributed by atoms with E-state index in [9.17, 15) is 14.7 Å². The van der Waals surface area contributed by atoms with Gasteiger partial charge in [0.2, 0.25) is 0 Å². The Morgan fingerprint density at radius 1 is 0.860 bits per heavy atom. The number of allylic oxidation sites excluding steroid dienone is 3. The fourth-order valence-corrected chi connectivity index (χ4v) is 16.8. The highest BCUT2D eigenvalue weighted by Gasteiger charge is 2.71. The summed E-state index contributed by atoms with van der Waals surface area (Å²) >= 11 is 5.00. The fraction of sp³-hybridized carbons (Fsp3) is 0.531. The summed E-state index contributed by atoms with van der Waals surface area (Å²) < 4.78 is 0. The van der Waals surface area contributed by atoms with Gasteiger partial charge in [0, 0.05) is 10.9 Å². The van der Waals surface area contributed by atoms with E-state index in [4.69, 9.17) is 4.98 Å². The highest BCUT2D eigenvalue weighted by atomic mass is 32.1. The number of hydrogen-bond acceptors (Lipinski definition) is 7. The van der Waals surface area contributed by atoms with Crippen LogP contribution in [0.1, 0.15) is 125 Å². The van der Waals surface area contributed by atoms with E-state index < -0.39 is 5.97 Å². The van der Waals surface area contributed by atoms with Crippen LogP contribution >= 0.6 is 34.0 Å². The Kier molecular flexibility index (Phi) is 9.53. The van der Waals surface area contributed by atoms with Crippen LogP contribution in [0.3, 0.4) is 0 Å². The quantitative estimate of drug-likeness (QED) is 0.135. The van der Waals surface area contributed by atoms with Crippen molar-refractivity contribution in [1.82, 2.24) is 4.98 Å². The normalized spacial score (nSPS) is 35.3. The molecule has 0 spiro atoms. The van der Waals surface area contributed by atoms with Crippen molar-refractivity contribution in [1.29, 1.82) is 0 Å². The van der Waals surface area contributed by atoms with E-state index in [0.29, 0.717) is 41.7 Å². The van der Waals surface area contributed by atoms with E-state index >= 15 is 0 Å². The fourth-order valence-electron chi connectivity index (χ4n) is 14.5. The molecule has 0 unspecified atom stereocenters. The third kappa shape index (κ3) is 5.80. The van der Waals surface area contributed by atoms with Gasteiger partial charge in [0.1, 0.15) is 0 Å². The SMILES string of the molecule is C=C(C)[C@@H]1CC[C@]2(N(CC(=O)c3cccs3)c3nc(-c4cccs4)cs3)CC[C@]3(C)[C@H](CC[C@@H]4[C@@]5(C)CC=C(c6ccc(C(=O)O)cc6)C(C)(C)[C@@H]5CC[C@]43C)[C@@H]12. The van der Waals surface area contributed by atoms with Crippen LogP contribution in [0.15, 0.2) is 82.9 Å². The molecule has 0 aliphatic heterocycles. The zero-order valence-corrected chi connectivity index (χ0v) is 36.9. The van der Waals surface area contributed by atoms with Crippen LogP contribution in [0, 0.1) is 51.2 Å². The third-order valence-corrected chi connectivity index (χ3v) is 19.8. The minimum atomic E-state index is -0.875. The monoisotopic (exact) mass is 818 g/mol. The van der Waals surface area contributed by atoms with Crippen LogP contribution in [-0.2, 0) is 0 Å². The number of ketones is 1. The van der Waals surface area contributed by atoms with Crippen molar-refractivity contribution in [3.8, 4) is 10.6 Å². The maximum absolute atomic E-state index is 14.2. The van der Waals surface area contributed by atoms with Crippen LogP contribution in [0.4, 0.5) is 5.13 Å². The largest absolute Gasteiger partial charge is 0.478 e. The van der Waals surface area contributed by atoms with Gasteiger partial charge in [0.25, 0.3) is 0 Å². The van der Waals surface area contributed by atoms with E-state index in [-0.39, 0.29) is 33.0 Å². The van der Waals surface area contributed by atoms with Crippen molar-refractivity contribution >= 4 is 56.5 Å². The molecular weight excluding hydrogens is 761 g/mol. The van der Waals surface area contributed by atoms with Crippen LogP contribution in [0.25, 0.3) is 16.1 Å². The second-order valence-electron chi connectivity index (χ2n) is 19.7. The summed E-state index contributed by atoms with van der Waals surface area (Å²) in [6.45, 7) is 20.3. The number of hydrogen-bond donors (Lipinski definition) is 1. The standard InChI is InChI=1S/C49H58N2O3S3/c1-30(2)33-18-23-49(51(28-37(52)39-11-9-27-56-39)44-50-36(29-57-44)38-10-8-26-55-38)25-24-47(6)35(42(33)49)16-17-41-46(5)21-19-34(31-12-14-32(15-13-31)43(53)54)45(3,4)40(46)20-22-48(41,47)7/h8-15,19,26-27,29,33,35,40-42H,1,16-18,20-25,28H2,2-7H3,(H,53,54)/t33-,35+,40-,41+,42+,46-,47+,48+,49-/m0/s1. The summed E-state index contributed by atoms with van der Waals surface area (Å²) in [6.07, 6.45) is 12.9. The van der Waals surface area contributed by atoms with E-state index in [0.717, 1.165) is 53.4 Å². The number of aromatic carboxylic acids is 1. The van der Waals surface area contributed by atoms with Crippen molar-refractivity contribution in [2.45, 2.75) is 105 Å². The zero-order valence-electron chi connectivity index (χ0n) is 34.5. The number of rotatable bonds is 9. The summed E-state index contributed by atoms with van der Waals surface area (Å²) in [5.74, 6) is 1.83. The molecule has 8 heteroatoms. The van der Waals surface area contributed by atoms with E-state index in [1.807, 2.05) is 29.6 Å². The maximum Gasteiger partial charge on any atom is 0.335 e. The number of anilines is 1. The molecule has 0 amide bonds. The van der Waals surface area contributed by atoms with E-state index in [1.165, 1.54) is 41.7 Å². The first kappa shape index (κ1) is 39.1. The second-order valence-corrected chi connectivity index (χ2v) is 22.4. The lowest BCUT2D eigenvalue weighted by Gasteiger charge is -2.73. The molecule has 0 bridgehead atoms. The number of carbonyl (C=O) groups is 2. The highest BCUT2D eigenvalue weighted by molar-refractivity contribution is 7.16. The highest BCUT2D eigenvalue weighted by Crippen LogP contribution is 2.77. The molecular formula is C49H58N2O3S3. The predicted octanol–water partition coefficient (Wildman–Crippen LogP) is 13.4. The summed E-state index contributed by atoms with van der Waals surface area (Å²) in [4.78, 5) is 35.8. The number of thiazole rings is 1. The van der Waals surface area contributed by atoms with Gasteiger partial charge >= 0.3 is 5.97 Å². The van der Waals surface area contributed by atoms with Gasteiger partial charge in [-0.2, -0.15) is 0 Å². The minimum absolute atomic E-state index is 0.0275. The Bertz CT molecular complexity index is 2220. The number of fused-ring (bicyclic) bond motifs is 7. The molecule has 4 aromatic rings. The zero-order chi connectivity index (χ0) is 40.1. The minimum Gasteiger partial charge on any atom is -0.478 e. The first-order valence-electron chi connectivity index (χ1n) is 21.2. The van der Waals surface area contributed by atoms with Gasteiger partial charge in [0.15, 0.2) is 10.9 Å². The first-order valence-corrected chi connectivity index (χ1v) is 23.8. The molecule has 5 aliphatic rings. The molecule has 9 rings (SSSR count). The third-order valence-electron chi connectivity index (χ3n) is 17.2. The Labute approximate surface area is 351 Å². The van der Waals surface area contributed by atoms with Gasteiger partial charge in [-0.05, 0) is 162 Å². The lowest BCUT2D eigenvalue weighted by Crippen LogP contribution is -2.68. The number of carboxylic acid groups (broad SMARTS) is 1. The Morgan fingerprint density at radius 2 is 1.61 bits per heavy atom. The van der Waals surface area contributed by atoms with Crippen molar-refractivity contribution in [3.05, 3.63) is 98.9 Å². The molecule has 0 saturated heterocycles. The second kappa shape index (κ2) is 13.9. The number of carbonyl (C=O) groups excluding carboxylic acids is 1. The summed E-state index contributed by atoms with van der Waals surface area (Å²) in [6, 6.07) is 15.8. The Morgan fingerprint density at radius 3 is 2.30 bits per heavy atom. The molecule has 4 fully saturated rings. The van der Waals surface area contributed by atoms with Gasteiger partial charge in [0.05, 0.1) is 27.6 Å². The van der Waals surface area contributed by atoms with Gasteiger partial charge < -0.3 is 10.0 Å². The molecule has 9 atom stereocenters. The van der Waals surface area contributed by atoms with Gasteiger partial charge in [-0.1, -0.05) is 77.1 Å². The van der Waals surface area contributed by atoms with Crippen LogP contribution in [-0.4, -0.2) is 33.9 Å². The topological polar surface area (TPSA) is 70.5 Å². The predicted molar refractivity (Wildman–Crippen MR) is 237 cm³/mol. The molecule has 4 saturated carbocycles. The maximum atomic E-state index is 14.2. The van der Waals surface area contributed by atoms with E-state index in [1.54, 1.807) is 46.1 Å². The first-order chi connectivity index (χ1) is 27.1. The summed E-state index contributed by atoms with van der Waals surface area (Å²) in [5.41, 5.74) is 5.54. The lowest BCUT2D eigenvalue weighted by atomic mass is 9.33. The van der Waals surface area contributed by atoms with Crippen LogP contribution < -0.4 is 4.90 Å². The van der Waals surface area contributed by atoms with Crippen molar-refractivity contribution in [2.75, 3.05) is 11.4 Å². The van der Waals surface area contributed by atoms with Gasteiger partial charge in [-0.25, -0.2) is 9.78 Å². The Hall–Kier alpha value is -3.33. The summed E-state index contributed by atoms with van der Waals surface area (Å²) in [5, 5.41) is 16.9. The lowest BCUT2D eigenvalue weighted by molar-refractivity contribution is -0.217. The number of carboxylic acids is 1. The number of aromatic nitrogens is 1. The van der Waals surface area contributed by atoms with Crippen molar-refractivity contribution in [2.24, 2.45) is 51.2 Å².